The minimum absolute atomic E-state index is 0.637. The van der Waals surface area contributed by atoms with Crippen LogP contribution in [0, 0.1) is 32.1 Å². The average molecular weight is 346 g/mol. The van der Waals surface area contributed by atoms with E-state index in [4.69, 9.17) is 14.5 Å². The molecule has 1 aromatic heterocycles. The van der Waals surface area contributed by atoms with Crippen molar-refractivity contribution >= 4 is 0 Å². The second-order valence-electron chi connectivity index (χ2n) is 6.51. The molecule has 3 rings (SSSR count). The third-order valence-electron chi connectivity index (χ3n) is 4.30. The third kappa shape index (κ3) is 4.12. The zero-order valence-corrected chi connectivity index (χ0v) is 15.4. The highest BCUT2D eigenvalue weighted by molar-refractivity contribution is 5.68. The average Bonchev–Trinajstić information content (AvgIpc) is 3.05. The fourth-order valence-electron chi connectivity index (χ4n) is 3.04. The van der Waals surface area contributed by atoms with Crippen molar-refractivity contribution in [2.45, 2.75) is 33.6 Å². The molecule has 0 amide bonds. The van der Waals surface area contributed by atoms with Gasteiger partial charge in [0.15, 0.2) is 0 Å². The minimum Gasteiger partial charge on any atom is -0.493 e. The molecule has 0 bridgehead atoms. The second-order valence-corrected chi connectivity index (χ2v) is 6.51. The molecule has 2 aromatic carbocycles. The van der Waals surface area contributed by atoms with Gasteiger partial charge in [0.1, 0.15) is 11.5 Å². The molecule has 1 heterocycles. The number of aryl methyl sites for hydroxylation is 4. The van der Waals surface area contributed by atoms with Crippen LogP contribution in [-0.2, 0) is 6.42 Å². The van der Waals surface area contributed by atoms with Gasteiger partial charge in [0.25, 0.3) is 0 Å². The molecular formula is C22H22N2O2. The van der Waals surface area contributed by atoms with Gasteiger partial charge in [-0.3, -0.25) is 0 Å². The Morgan fingerprint density at radius 1 is 1.00 bits per heavy atom. The standard InChI is InChI=1S/C22H22N2O2/c1-15-11-20(19-8-6-18(14-23)7-9-19)12-16(2)22(15)25-10-4-5-21-13-17(3)24-26-21/h6-9,11-13H,4-5,10H2,1-3H3. The van der Waals surface area contributed by atoms with E-state index in [1.807, 2.05) is 37.3 Å². The number of benzene rings is 2. The SMILES string of the molecule is Cc1cc(CCCOc2c(C)cc(-c3ccc(C#N)cc3)cc2C)on1. The van der Waals surface area contributed by atoms with Gasteiger partial charge in [-0.2, -0.15) is 5.26 Å². The Labute approximate surface area is 154 Å². The monoisotopic (exact) mass is 346 g/mol. The predicted molar refractivity (Wildman–Crippen MR) is 101 cm³/mol. The minimum atomic E-state index is 0.637. The fourth-order valence-corrected chi connectivity index (χ4v) is 3.04. The van der Waals surface area contributed by atoms with Crippen molar-refractivity contribution in [3.05, 3.63) is 70.6 Å². The molecule has 0 radical (unpaired) electrons. The molecule has 3 aromatic rings. The van der Waals surface area contributed by atoms with Gasteiger partial charge >= 0.3 is 0 Å². The van der Waals surface area contributed by atoms with E-state index in [1.165, 1.54) is 0 Å². The first-order valence-electron chi connectivity index (χ1n) is 8.73. The highest BCUT2D eigenvalue weighted by atomic mass is 16.5. The van der Waals surface area contributed by atoms with E-state index in [-0.39, 0.29) is 0 Å². The molecule has 26 heavy (non-hydrogen) atoms. The highest BCUT2D eigenvalue weighted by Gasteiger charge is 2.09. The highest BCUT2D eigenvalue weighted by Crippen LogP contribution is 2.30. The van der Waals surface area contributed by atoms with Crippen molar-refractivity contribution in [2.24, 2.45) is 0 Å². The number of ether oxygens (including phenoxy) is 1. The smallest absolute Gasteiger partial charge is 0.137 e. The number of aromatic nitrogens is 1. The van der Waals surface area contributed by atoms with Gasteiger partial charge in [-0.1, -0.05) is 17.3 Å². The lowest BCUT2D eigenvalue weighted by Crippen LogP contribution is -2.02. The normalized spacial score (nSPS) is 10.5. The summed E-state index contributed by atoms with van der Waals surface area (Å²) in [5, 5.41) is 12.8. The van der Waals surface area contributed by atoms with Crippen LogP contribution in [0.3, 0.4) is 0 Å². The van der Waals surface area contributed by atoms with Crippen LogP contribution in [0.4, 0.5) is 0 Å². The molecule has 0 saturated carbocycles. The van der Waals surface area contributed by atoms with Gasteiger partial charge in [0, 0.05) is 12.5 Å². The Kier molecular flexibility index (Phi) is 5.38. The zero-order valence-electron chi connectivity index (χ0n) is 15.4. The van der Waals surface area contributed by atoms with E-state index < -0.39 is 0 Å². The molecule has 0 atom stereocenters. The molecule has 0 aliphatic heterocycles. The van der Waals surface area contributed by atoms with Crippen LogP contribution >= 0.6 is 0 Å². The fraction of sp³-hybridized carbons (Fsp3) is 0.273. The summed E-state index contributed by atoms with van der Waals surface area (Å²) in [5.74, 6) is 1.84. The number of hydrogen-bond acceptors (Lipinski definition) is 4. The lowest BCUT2D eigenvalue weighted by molar-refractivity contribution is 0.296. The Morgan fingerprint density at radius 3 is 2.27 bits per heavy atom. The maximum Gasteiger partial charge on any atom is 0.137 e. The van der Waals surface area contributed by atoms with E-state index in [1.54, 1.807) is 0 Å². The van der Waals surface area contributed by atoms with E-state index in [0.717, 1.165) is 52.3 Å². The van der Waals surface area contributed by atoms with Gasteiger partial charge in [-0.15, -0.1) is 0 Å². The maximum absolute atomic E-state index is 8.92. The van der Waals surface area contributed by atoms with Crippen LogP contribution in [0.1, 0.15) is 34.6 Å². The van der Waals surface area contributed by atoms with Crippen molar-refractivity contribution in [3.63, 3.8) is 0 Å². The number of nitriles is 1. The first-order valence-corrected chi connectivity index (χ1v) is 8.73. The molecule has 0 aliphatic carbocycles. The molecule has 4 nitrogen and oxygen atoms in total. The molecule has 0 unspecified atom stereocenters. The van der Waals surface area contributed by atoms with Crippen molar-refractivity contribution in [1.29, 1.82) is 5.26 Å². The largest absolute Gasteiger partial charge is 0.493 e. The molecule has 0 fully saturated rings. The van der Waals surface area contributed by atoms with Gasteiger partial charge in [-0.05, 0) is 73.7 Å². The molecule has 0 N–H and O–H groups in total. The Hall–Kier alpha value is -3.06. The predicted octanol–water partition coefficient (Wildman–Crippen LogP) is 5.15. The van der Waals surface area contributed by atoms with Crippen LogP contribution in [-0.4, -0.2) is 11.8 Å². The van der Waals surface area contributed by atoms with E-state index in [0.29, 0.717) is 12.2 Å². The maximum atomic E-state index is 8.92. The van der Waals surface area contributed by atoms with Gasteiger partial charge in [0.05, 0.1) is 23.9 Å². The van der Waals surface area contributed by atoms with Crippen LogP contribution < -0.4 is 4.74 Å². The Morgan fingerprint density at radius 2 is 1.69 bits per heavy atom. The summed E-state index contributed by atoms with van der Waals surface area (Å²) in [5.41, 5.74) is 6.03. The number of rotatable bonds is 6. The van der Waals surface area contributed by atoms with E-state index >= 15 is 0 Å². The van der Waals surface area contributed by atoms with Crippen LogP contribution in [0.15, 0.2) is 47.0 Å². The quantitative estimate of drug-likeness (QED) is 0.579. The van der Waals surface area contributed by atoms with Crippen molar-refractivity contribution < 1.29 is 9.26 Å². The summed E-state index contributed by atoms with van der Waals surface area (Å²) in [4.78, 5) is 0. The first-order chi connectivity index (χ1) is 12.6. The van der Waals surface area contributed by atoms with E-state index in [9.17, 15) is 0 Å². The molecule has 132 valence electrons. The summed E-state index contributed by atoms with van der Waals surface area (Å²) in [6.45, 7) is 6.69. The third-order valence-corrected chi connectivity index (χ3v) is 4.30. The zero-order chi connectivity index (χ0) is 18.5. The second kappa shape index (κ2) is 7.88. The topological polar surface area (TPSA) is 59.0 Å². The van der Waals surface area contributed by atoms with Gasteiger partial charge in [0.2, 0.25) is 0 Å². The van der Waals surface area contributed by atoms with Gasteiger partial charge < -0.3 is 9.26 Å². The van der Waals surface area contributed by atoms with Crippen LogP contribution in [0.25, 0.3) is 11.1 Å². The van der Waals surface area contributed by atoms with Crippen LogP contribution in [0.5, 0.6) is 5.75 Å². The summed E-state index contributed by atoms with van der Waals surface area (Å²) in [7, 11) is 0. The summed E-state index contributed by atoms with van der Waals surface area (Å²) < 4.78 is 11.2. The Bertz CT molecular complexity index is 911. The summed E-state index contributed by atoms with van der Waals surface area (Å²) in [6, 6.07) is 16.0. The lowest BCUT2D eigenvalue weighted by Gasteiger charge is -2.14. The van der Waals surface area contributed by atoms with Crippen molar-refractivity contribution in [1.82, 2.24) is 5.16 Å². The van der Waals surface area contributed by atoms with Crippen molar-refractivity contribution in [2.75, 3.05) is 6.61 Å². The summed E-state index contributed by atoms with van der Waals surface area (Å²) in [6.07, 6.45) is 1.70. The molecular weight excluding hydrogens is 324 g/mol. The molecule has 0 saturated heterocycles. The molecule has 0 aliphatic rings. The van der Waals surface area contributed by atoms with Crippen LogP contribution in [0.2, 0.25) is 0 Å². The first kappa shape index (κ1) is 17.8. The number of hydrogen-bond donors (Lipinski definition) is 0. The van der Waals surface area contributed by atoms with Crippen molar-refractivity contribution in [3.8, 4) is 22.9 Å². The van der Waals surface area contributed by atoms with E-state index in [2.05, 4.69) is 37.2 Å². The molecule has 4 heteroatoms. The molecule has 0 spiro atoms. The Balaban J connectivity index is 1.65. The number of nitrogens with zero attached hydrogens (tertiary/aromatic N) is 2. The lowest BCUT2D eigenvalue weighted by atomic mass is 9.99. The van der Waals surface area contributed by atoms with Gasteiger partial charge in [-0.25, -0.2) is 0 Å². The summed E-state index contributed by atoms with van der Waals surface area (Å²) >= 11 is 0.